The minimum Gasteiger partial charge on any atom is -0.477 e. The number of para-hydroxylation sites is 1. The molecule has 0 saturated heterocycles. The number of aromatic carboxylic acids is 1. The van der Waals surface area contributed by atoms with E-state index in [2.05, 4.69) is 0 Å². The van der Waals surface area contributed by atoms with Crippen LogP contribution in [-0.2, 0) is 0 Å². The Morgan fingerprint density at radius 1 is 1.27 bits per heavy atom. The first-order valence-electron chi connectivity index (χ1n) is 4.25. The molecule has 5 heteroatoms. The van der Waals surface area contributed by atoms with Gasteiger partial charge in [0.2, 0.25) is 0 Å². The second kappa shape index (κ2) is 3.13. The van der Waals surface area contributed by atoms with Gasteiger partial charge in [0.05, 0.1) is 5.52 Å². The van der Waals surface area contributed by atoms with Crippen LogP contribution in [0, 0.1) is 0 Å². The number of benzene rings is 1. The first kappa shape index (κ1) is 9.26. The Balaban J connectivity index is 2.86. The van der Waals surface area contributed by atoms with Gasteiger partial charge in [0.15, 0.2) is 0 Å². The summed E-state index contributed by atoms with van der Waals surface area (Å²) in [6.07, 6.45) is 0. The average molecular weight is 204 g/mol. The molecule has 1 aromatic carbocycles. The van der Waals surface area contributed by atoms with E-state index in [1.54, 1.807) is 24.3 Å². The highest BCUT2D eigenvalue weighted by atomic mass is 16.4. The summed E-state index contributed by atoms with van der Waals surface area (Å²) >= 11 is 0. The summed E-state index contributed by atoms with van der Waals surface area (Å²) in [5.74, 6) is -1.18. The zero-order chi connectivity index (χ0) is 11.0. The predicted octanol–water partition coefficient (Wildman–Crippen LogP) is 1.27. The Hall–Kier alpha value is -2.30. The fourth-order valence-corrected chi connectivity index (χ4v) is 1.55. The fraction of sp³-hybridized carbons (Fsp3) is 0. The van der Waals surface area contributed by atoms with Crippen LogP contribution in [0.4, 0.5) is 4.79 Å². The van der Waals surface area contributed by atoms with Crippen molar-refractivity contribution in [1.29, 1.82) is 0 Å². The number of amides is 1. The maximum absolute atomic E-state index is 11.1. The number of fused-ring (bicyclic) bond motifs is 1. The van der Waals surface area contributed by atoms with Gasteiger partial charge < -0.3 is 10.8 Å². The van der Waals surface area contributed by atoms with Crippen LogP contribution in [0.2, 0.25) is 0 Å². The molecular formula is C10H8N2O3. The minimum absolute atomic E-state index is 0.122. The maximum Gasteiger partial charge on any atom is 0.353 e. The first-order valence-corrected chi connectivity index (χ1v) is 4.25. The van der Waals surface area contributed by atoms with Crippen LogP contribution in [0.15, 0.2) is 30.3 Å². The summed E-state index contributed by atoms with van der Waals surface area (Å²) in [6, 6.07) is 7.47. The molecule has 5 nitrogen and oxygen atoms in total. The molecule has 0 spiro atoms. The fourth-order valence-electron chi connectivity index (χ4n) is 1.55. The summed E-state index contributed by atoms with van der Waals surface area (Å²) in [6.45, 7) is 0. The summed E-state index contributed by atoms with van der Waals surface area (Å²) < 4.78 is 0.984. The van der Waals surface area contributed by atoms with Gasteiger partial charge in [0.25, 0.3) is 0 Å². The number of nitrogens with zero attached hydrogens (tertiary/aromatic N) is 1. The number of aromatic nitrogens is 1. The van der Waals surface area contributed by atoms with E-state index in [9.17, 15) is 9.59 Å². The van der Waals surface area contributed by atoms with Crippen LogP contribution in [0.25, 0.3) is 10.9 Å². The molecule has 0 fully saturated rings. The van der Waals surface area contributed by atoms with Gasteiger partial charge in [-0.25, -0.2) is 9.59 Å². The topological polar surface area (TPSA) is 85.3 Å². The van der Waals surface area contributed by atoms with Gasteiger partial charge in [-0.3, -0.25) is 4.57 Å². The quantitative estimate of drug-likeness (QED) is 0.733. The Morgan fingerprint density at radius 2 is 1.93 bits per heavy atom. The maximum atomic E-state index is 11.1. The number of hydrogen-bond acceptors (Lipinski definition) is 2. The van der Waals surface area contributed by atoms with Gasteiger partial charge in [-0.15, -0.1) is 0 Å². The van der Waals surface area contributed by atoms with E-state index in [0.29, 0.717) is 10.9 Å². The number of carboxylic acid groups (broad SMARTS) is 1. The van der Waals surface area contributed by atoms with Gasteiger partial charge in [-0.2, -0.15) is 0 Å². The molecule has 0 aliphatic rings. The lowest BCUT2D eigenvalue weighted by Crippen LogP contribution is -2.23. The van der Waals surface area contributed by atoms with Crippen molar-refractivity contribution in [1.82, 2.24) is 4.57 Å². The second-order valence-electron chi connectivity index (χ2n) is 3.07. The third-order valence-electron chi connectivity index (χ3n) is 2.15. The van der Waals surface area contributed by atoms with Crippen molar-refractivity contribution >= 4 is 22.9 Å². The normalized spacial score (nSPS) is 10.4. The molecule has 1 aromatic heterocycles. The zero-order valence-electron chi connectivity index (χ0n) is 7.68. The third kappa shape index (κ3) is 1.34. The highest BCUT2D eigenvalue weighted by Crippen LogP contribution is 2.19. The molecule has 0 saturated carbocycles. The summed E-state index contributed by atoms with van der Waals surface area (Å²) in [5.41, 5.74) is 5.50. The van der Waals surface area contributed by atoms with E-state index in [1.807, 2.05) is 0 Å². The van der Waals surface area contributed by atoms with Crippen LogP contribution in [0.1, 0.15) is 10.5 Å². The Labute approximate surface area is 84.7 Å². The van der Waals surface area contributed by atoms with E-state index in [1.165, 1.54) is 6.07 Å². The second-order valence-corrected chi connectivity index (χ2v) is 3.07. The number of carbonyl (C=O) groups is 2. The number of hydrogen-bond donors (Lipinski definition) is 2. The minimum atomic E-state index is -1.18. The molecule has 0 aliphatic heterocycles. The molecule has 0 aliphatic carbocycles. The van der Waals surface area contributed by atoms with Crippen LogP contribution >= 0.6 is 0 Å². The Morgan fingerprint density at radius 3 is 2.53 bits per heavy atom. The number of carboxylic acids is 1. The molecule has 0 radical (unpaired) electrons. The molecule has 0 atom stereocenters. The van der Waals surface area contributed by atoms with E-state index in [-0.39, 0.29) is 5.69 Å². The number of rotatable bonds is 1. The summed E-state index contributed by atoms with van der Waals surface area (Å²) in [5, 5.41) is 9.56. The van der Waals surface area contributed by atoms with Gasteiger partial charge in [-0.1, -0.05) is 18.2 Å². The largest absolute Gasteiger partial charge is 0.477 e. The highest BCUT2D eigenvalue weighted by molar-refractivity contribution is 6.01. The van der Waals surface area contributed by atoms with E-state index >= 15 is 0 Å². The summed E-state index contributed by atoms with van der Waals surface area (Å²) in [4.78, 5) is 22.0. The highest BCUT2D eigenvalue weighted by Gasteiger charge is 2.17. The van der Waals surface area contributed by atoms with Crippen LogP contribution < -0.4 is 5.73 Å². The van der Waals surface area contributed by atoms with Crippen LogP contribution in [0.3, 0.4) is 0 Å². The molecule has 1 amide bonds. The van der Waals surface area contributed by atoms with Crippen molar-refractivity contribution in [2.75, 3.05) is 0 Å². The first-order chi connectivity index (χ1) is 7.11. The molecule has 3 N–H and O–H groups in total. The number of primary amides is 1. The lowest BCUT2D eigenvalue weighted by Gasteiger charge is -2.01. The molecule has 76 valence electrons. The molecule has 2 aromatic rings. The van der Waals surface area contributed by atoms with Gasteiger partial charge in [-0.05, 0) is 12.1 Å². The molecule has 2 rings (SSSR count). The average Bonchev–Trinajstić information content (AvgIpc) is 2.56. The molecule has 0 bridgehead atoms. The van der Waals surface area contributed by atoms with Gasteiger partial charge in [0.1, 0.15) is 5.69 Å². The smallest absolute Gasteiger partial charge is 0.353 e. The SMILES string of the molecule is NC(=O)n1c(C(=O)O)cc2ccccc21. The molecule has 1 heterocycles. The van der Waals surface area contributed by atoms with Crippen molar-refractivity contribution in [3.05, 3.63) is 36.0 Å². The monoisotopic (exact) mass is 204 g/mol. The van der Waals surface area contributed by atoms with Crippen molar-refractivity contribution in [2.24, 2.45) is 5.73 Å². The van der Waals surface area contributed by atoms with E-state index in [0.717, 1.165) is 4.57 Å². The molecular weight excluding hydrogens is 196 g/mol. The lowest BCUT2D eigenvalue weighted by atomic mass is 10.2. The number of carbonyl (C=O) groups excluding carboxylic acids is 1. The van der Waals surface area contributed by atoms with Gasteiger partial charge >= 0.3 is 12.0 Å². The molecule has 0 unspecified atom stereocenters. The van der Waals surface area contributed by atoms with Crippen LogP contribution in [0.5, 0.6) is 0 Å². The van der Waals surface area contributed by atoms with Gasteiger partial charge in [0, 0.05) is 5.39 Å². The van der Waals surface area contributed by atoms with E-state index < -0.39 is 12.0 Å². The van der Waals surface area contributed by atoms with E-state index in [4.69, 9.17) is 10.8 Å². The van der Waals surface area contributed by atoms with Crippen molar-refractivity contribution in [3.63, 3.8) is 0 Å². The van der Waals surface area contributed by atoms with Crippen molar-refractivity contribution < 1.29 is 14.7 Å². The van der Waals surface area contributed by atoms with Crippen molar-refractivity contribution in [2.45, 2.75) is 0 Å². The Kier molecular flexibility index (Phi) is 1.93. The standard InChI is InChI=1S/C10H8N2O3/c11-10(15)12-7-4-2-1-3-6(7)5-8(12)9(13)14/h1-5H,(H2,11,15)(H,13,14). The zero-order valence-corrected chi connectivity index (χ0v) is 7.68. The molecule has 15 heavy (non-hydrogen) atoms. The predicted molar refractivity (Wildman–Crippen MR) is 53.9 cm³/mol. The van der Waals surface area contributed by atoms with Crippen LogP contribution in [-0.4, -0.2) is 21.7 Å². The lowest BCUT2D eigenvalue weighted by molar-refractivity contribution is 0.0687. The third-order valence-corrected chi connectivity index (χ3v) is 2.15. The Bertz CT molecular complexity index is 557. The number of nitrogens with two attached hydrogens (primary N) is 1. The summed E-state index contributed by atoms with van der Waals surface area (Å²) in [7, 11) is 0. The van der Waals surface area contributed by atoms with Crippen molar-refractivity contribution in [3.8, 4) is 0 Å².